The number of nitrogens with zero attached hydrogens (tertiary/aromatic N) is 2. The molecule has 0 atom stereocenters. The number of carboxylic acid groups (broad SMARTS) is 2. The quantitative estimate of drug-likeness (QED) is 0.247. The summed E-state index contributed by atoms with van der Waals surface area (Å²) in [6.07, 6.45) is 0. The van der Waals surface area contributed by atoms with E-state index in [1.807, 2.05) is 4.90 Å². The minimum absolute atomic E-state index is 0. The maximum atomic E-state index is 10.5. The first-order chi connectivity index (χ1) is 11.0. The van der Waals surface area contributed by atoms with Gasteiger partial charge in [0.1, 0.15) is 0 Å². The summed E-state index contributed by atoms with van der Waals surface area (Å²) in [6.45, 7) is 5.16. The van der Waals surface area contributed by atoms with Crippen LogP contribution in [0.5, 0.6) is 0 Å². The Morgan fingerprint density at radius 1 is 1.12 bits per heavy atom. The maximum absolute atomic E-state index is 10.5. The van der Waals surface area contributed by atoms with Crippen molar-refractivity contribution in [3.63, 3.8) is 0 Å². The fraction of sp³-hybridized carbons (Fsp3) is 0.833. The number of rotatable bonds is 6. The molecule has 5 N–H and O–H groups in total. The Bertz CT molecular complexity index is 451. The molecular formula is C12H26N3NaO8S. The topological polar surface area (TPSA) is 185 Å². The molecule has 0 aromatic heterocycles. The van der Waals surface area contributed by atoms with Crippen LogP contribution in [-0.4, -0.2) is 103 Å². The minimum atomic E-state index is -3.84. The zero-order valence-corrected chi connectivity index (χ0v) is 17.4. The van der Waals surface area contributed by atoms with E-state index in [1.165, 1.54) is 0 Å². The van der Waals surface area contributed by atoms with Crippen LogP contribution in [0, 0.1) is 0 Å². The molecule has 1 aliphatic rings. The van der Waals surface area contributed by atoms with Crippen molar-refractivity contribution in [2.24, 2.45) is 5.73 Å². The number of carbonyl (C=O) groups excluding carboxylic acids is 1. The van der Waals surface area contributed by atoms with Crippen molar-refractivity contribution < 1.29 is 67.4 Å². The predicted molar refractivity (Wildman–Crippen MR) is 83.8 cm³/mol. The molecule has 1 heterocycles. The number of nitrogens with two attached hydrogens (primary N) is 1. The van der Waals surface area contributed by atoms with Crippen molar-refractivity contribution in [3.8, 4) is 0 Å². The van der Waals surface area contributed by atoms with Gasteiger partial charge < -0.3 is 25.8 Å². The number of carbonyl (C=O) groups is 2. The fourth-order valence-corrected chi connectivity index (χ4v) is 2.11. The van der Waals surface area contributed by atoms with Gasteiger partial charge in [-0.15, -0.1) is 0 Å². The van der Waals surface area contributed by atoms with Gasteiger partial charge in [0.05, 0.1) is 18.3 Å². The van der Waals surface area contributed by atoms with Crippen molar-refractivity contribution in [1.29, 1.82) is 0 Å². The molecule has 11 nitrogen and oxygen atoms in total. The summed E-state index contributed by atoms with van der Waals surface area (Å²) in [5.41, 5.74) is 4.51. The second-order valence-electron chi connectivity index (χ2n) is 4.79. The van der Waals surface area contributed by atoms with E-state index < -0.39 is 22.1 Å². The van der Waals surface area contributed by atoms with Gasteiger partial charge in [-0.1, -0.05) is 0 Å². The molecule has 0 bridgehead atoms. The summed E-state index contributed by atoms with van der Waals surface area (Å²) in [7, 11) is -3.84. The number of aliphatic hydroxyl groups is 1. The first-order valence-electron chi connectivity index (χ1n) is 7.12. The van der Waals surface area contributed by atoms with Gasteiger partial charge in [-0.3, -0.25) is 19.1 Å². The third-order valence-electron chi connectivity index (χ3n) is 2.71. The molecule has 0 radical (unpaired) electrons. The first kappa shape index (κ1) is 29.5. The molecule has 0 aliphatic carbocycles. The molecule has 1 aliphatic heterocycles. The molecule has 1 fully saturated rings. The van der Waals surface area contributed by atoms with E-state index in [1.54, 1.807) is 0 Å². The van der Waals surface area contributed by atoms with Crippen LogP contribution in [0.3, 0.4) is 0 Å². The Labute approximate surface area is 169 Å². The Hall–Kier alpha value is -0.310. The summed E-state index contributed by atoms with van der Waals surface area (Å²) in [5.74, 6) is -2.25. The fourth-order valence-electron chi connectivity index (χ4n) is 1.62. The van der Waals surface area contributed by atoms with E-state index in [-0.39, 0.29) is 48.5 Å². The van der Waals surface area contributed by atoms with Crippen LogP contribution in [0.1, 0.15) is 6.92 Å². The molecule has 0 amide bonds. The minimum Gasteiger partial charge on any atom is -0.549 e. The van der Waals surface area contributed by atoms with Crippen molar-refractivity contribution in [2.45, 2.75) is 6.92 Å². The van der Waals surface area contributed by atoms with Gasteiger partial charge in [-0.05, 0) is 0 Å². The Morgan fingerprint density at radius 3 is 1.68 bits per heavy atom. The van der Waals surface area contributed by atoms with Crippen LogP contribution in [-0.2, 0) is 19.7 Å². The van der Waals surface area contributed by atoms with Crippen molar-refractivity contribution in [1.82, 2.24) is 9.80 Å². The second-order valence-corrected chi connectivity index (χ2v) is 6.36. The number of hydrogen-bond acceptors (Lipinski definition) is 9. The number of β-amino-alcohol motifs (C(OH)–C–C–N with tert-alkyl or cyclic N) is 1. The Balaban J connectivity index is -0.000000405. The average Bonchev–Trinajstić information content (AvgIpc) is 2.46. The van der Waals surface area contributed by atoms with E-state index >= 15 is 0 Å². The molecule has 1 rings (SSSR count). The van der Waals surface area contributed by atoms with Gasteiger partial charge in [0, 0.05) is 52.7 Å². The van der Waals surface area contributed by atoms with Crippen LogP contribution in [0.2, 0.25) is 0 Å². The van der Waals surface area contributed by atoms with Gasteiger partial charge in [-0.25, -0.2) is 0 Å². The number of piperazine rings is 1. The molecule has 0 unspecified atom stereocenters. The van der Waals surface area contributed by atoms with E-state index in [0.717, 1.165) is 33.1 Å². The Morgan fingerprint density at radius 2 is 1.44 bits per heavy atom. The number of hydrogen-bond donors (Lipinski definition) is 4. The zero-order valence-electron chi connectivity index (χ0n) is 14.6. The largest absolute Gasteiger partial charge is 1.00 e. The number of aliphatic hydroxyl groups excluding tert-OH is 1. The van der Waals surface area contributed by atoms with Crippen LogP contribution < -0.4 is 40.4 Å². The number of carboxylic acids is 2. The maximum Gasteiger partial charge on any atom is 1.00 e. The van der Waals surface area contributed by atoms with Gasteiger partial charge in [0.15, 0.2) is 0 Å². The molecule has 1 saturated heterocycles. The van der Waals surface area contributed by atoms with Crippen LogP contribution in [0.25, 0.3) is 0 Å². The summed E-state index contributed by atoms with van der Waals surface area (Å²) >= 11 is 0. The van der Waals surface area contributed by atoms with Crippen molar-refractivity contribution in [3.05, 3.63) is 0 Å². The third-order valence-corrected chi connectivity index (χ3v) is 3.41. The van der Waals surface area contributed by atoms with E-state index in [4.69, 9.17) is 29.5 Å². The predicted octanol–water partition coefficient (Wildman–Crippen LogP) is -6.73. The van der Waals surface area contributed by atoms with E-state index in [0.29, 0.717) is 13.1 Å². The molecule has 144 valence electrons. The summed E-state index contributed by atoms with van der Waals surface area (Å²) in [4.78, 5) is 22.3. The molecule has 0 saturated carbocycles. The van der Waals surface area contributed by atoms with E-state index in [2.05, 4.69) is 10.6 Å². The monoisotopic (exact) mass is 395 g/mol. The van der Waals surface area contributed by atoms with Crippen LogP contribution >= 0.6 is 0 Å². The molecule has 25 heavy (non-hydrogen) atoms. The Kier molecular flexibility index (Phi) is 20.2. The normalized spacial score (nSPS) is 14.9. The standard InChI is InChI=1S/C8H18N2O4S.C2H5NO2.C2H4O2.Na/c11-7-5-9-1-3-10(4-2-9)6-8-15(12,13)14;3-1-2(4)5;1-2(3)4;/h11H,1-8H2,(H,12,13,14);1,3H2,(H,4,5);1H3,(H,3,4);/q;;;+1/p-1. The number of aliphatic carboxylic acids is 2. The summed E-state index contributed by atoms with van der Waals surface area (Å²) < 4.78 is 29.6. The summed E-state index contributed by atoms with van der Waals surface area (Å²) in [6, 6.07) is 0. The molecular weight excluding hydrogens is 369 g/mol. The van der Waals surface area contributed by atoms with Crippen LogP contribution in [0.15, 0.2) is 0 Å². The third kappa shape index (κ3) is 26.0. The second kappa shape index (κ2) is 17.1. The zero-order chi connectivity index (χ0) is 19.2. The summed E-state index contributed by atoms with van der Waals surface area (Å²) in [5, 5.41) is 25.3. The van der Waals surface area contributed by atoms with Crippen LogP contribution in [0.4, 0.5) is 0 Å². The van der Waals surface area contributed by atoms with Gasteiger partial charge in [0.25, 0.3) is 16.1 Å². The van der Waals surface area contributed by atoms with Gasteiger partial charge in [0.2, 0.25) is 0 Å². The van der Waals surface area contributed by atoms with Crippen molar-refractivity contribution >= 4 is 22.1 Å². The molecule has 0 spiro atoms. The smallest absolute Gasteiger partial charge is 0.549 e. The molecule has 13 heteroatoms. The van der Waals surface area contributed by atoms with Crippen molar-refractivity contribution in [2.75, 3.05) is 58.2 Å². The SMILES string of the molecule is CC(=O)O.NCC(=O)[O-].O=S(=O)(O)CCN1CCN(CCO)CC1.[Na+]. The van der Waals surface area contributed by atoms with E-state index in [9.17, 15) is 8.42 Å². The average molecular weight is 395 g/mol. The van der Waals surface area contributed by atoms with Gasteiger partial charge in [-0.2, -0.15) is 8.42 Å². The van der Waals surface area contributed by atoms with Gasteiger partial charge >= 0.3 is 29.6 Å². The molecule has 0 aromatic carbocycles. The first-order valence-corrected chi connectivity index (χ1v) is 8.73. The molecule has 0 aromatic rings.